The molecule has 0 N–H and O–H groups in total. The SMILES string of the molecule is CCC[CH2][Sn]([CH2]CCC)([CH2]CCC)[C]1=C(c2ccccc2)P1c1ccccc1. The first kappa shape index (κ1) is 22.1. The fraction of sp³-hybridized carbons (Fsp3) is 0.462. The summed E-state index contributed by atoms with van der Waals surface area (Å²) >= 11 is -2.35. The van der Waals surface area contributed by atoms with Gasteiger partial charge in [-0.05, 0) is 0 Å². The van der Waals surface area contributed by atoms with Crippen LogP contribution < -0.4 is 5.30 Å². The molecule has 1 heterocycles. The summed E-state index contributed by atoms with van der Waals surface area (Å²) < 4.78 is 6.81. The predicted molar refractivity (Wildman–Crippen MR) is 131 cm³/mol. The summed E-state index contributed by atoms with van der Waals surface area (Å²) in [5, 5.41) is 3.40. The third-order valence-electron chi connectivity index (χ3n) is 6.21. The van der Waals surface area contributed by atoms with Gasteiger partial charge in [0, 0.05) is 0 Å². The third kappa shape index (κ3) is 5.11. The van der Waals surface area contributed by atoms with E-state index in [4.69, 9.17) is 0 Å². The molecule has 0 aliphatic carbocycles. The molecule has 0 radical (unpaired) electrons. The summed E-state index contributed by atoms with van der Waals surface area (Å²) in [6.07, 6.45) is 8.42. The van der Waals surface area contributed by atoms with Crippen molar-refractivity contribution in [3.63, 3.8) is 0 Å². The average Bonchev–Trinajstić information content (AvgIpc) is 3.51. The van der Waals surface area contributed by atoms with Crippen LogP contribution in [0.1, 0.15) is 64.9 Å². The van der Waals surface area contributed by atoms with Gasteiger partial charge in [0.2, 0.25) is 0 Å². The summed E-state index contributed by atoms with van der Waals surface area (Å²) in [7, 11) is -0.160. The van der Waals surface area contributed by atoms with Crippen molar-refractivity contribution in [2.75, 3.05) is 0 Å². The zero-order valence-corrected chi connectivity index (χ0v) is 21.8. The molecule has 0 aromatic heterocycles. The summed E-state index contributed by atoms with van der Waals surface area (Å²) in [6, 6.07) is 22.8. The molecule has 1 atom stereocenters. The molecule has 0 saturated heterocycles. The van der Waals surface area contributed by atoms with Crippen LogP contribution in [0.3, 0.4) is 0 Å². The van der Waals surface area contributed by atoms with E-state index in [2.05, 4.69) is 84.8 Å². The molecule has 2 aromatic rings. The molecule has 0 saturated carbocycles. The molecule has 150 valence electrons. The van der Waals surface area contributed by atoms with Crippen molar-refractivity contribution < 1.29 is 0 Å². The molecule has 1 unspecified atom stereocenters. The maximum absolute atomic E-state index is 2.40. The zero-order chi connectivity index (χ0) is 19.8. The molecule has 0 bridgehead atoms. The second kappa shape index (κ2) is 11.0. The van der Waals surface area contributed by atoms with Gasteiger partial charge in [-0.25, -0.2) is 0 Å². The van der Waals surface area contributed by atoms with Crippen molar-refractivity contribution in [3.05, 3.63) is 69.6 Å². The summed E-state index contributed by atoms with van der Waals surface area (Å²) in [4.78, 5) is 0. The quantitative estimate of drug-likeness (QED) is 0.203. The Hall–Kier alpha value is -0.591. The molecule has 1 aliphatic rings. The number of unbranched alkanes of at least 4 members (excludes halogenated alkanes) is 3. The van der Waals surface area contributed by atoms with Crippen LogP contribution in [0.2, 0.25) is 13.3 Å². The van der Waals surface area contributed by atoms with Crippen LogP contribution >= 0.6 is 7.92 Å². The van der Waals surface area contributed by atoms with Gasteiger partial charge in [0.1, 0.15) is 0 Å². The number of rotatable bonds is 12. The molecule has 1 aliphatic heterocycles. The van der Waals surface area contributed by atoms with E-state index in [9.17, 15) is 0 Å². The Morgan fingerprint density at radius 1 is 0.643 bits per heavy atom. The molecule has 0 fully saturated rings. The van der Waals surface area contributed by atoms with Gasteiger partial charge < -0.3 is 0 Å². The van der Waals surface area contributed by atoms with Gasteiger partial charge in [0.15, 0.2) is 0 Å². The van der Waals surface area contributed by atoms with E-state index in [1.54, 1.807) is 23.9 Å². The number of benzene rings is 2. The van der Waals surface area contributed by atoms with E-state index >= 15 is 0 Å². The molecule has 28 heavy (non-hydrogen) atoms. The standard InChI is InChI=1S/C14H10P.3C4H9.Sn/c1-3-7-12(8-4-1)14-11-15(14)13-9-5-2-6-10-13;3*1-3-4-2;/h1-10H;3*1,3-4H2,2H3;. The summed E-state index contributed by atoms with van der Waals surface area (Å²) in [5.74, 6) is 0. The molecule has 0 amide bonds. The van der Waals surface area contributed by atoms with Gasteiger partial charge in [-0.15, -0.1) is 0 Å². The normalized spacial score (nSPS) is 16.5. The second-order valence-corrected chi connectivity index (χ2v) is 24.6. The first-order valence-electron chi connectivity index (χ1n) is 11.4. The van der Waals surface area contributed by atoms with E-state index in [1.165, 1.54) is 44.1 Å². The monoisotopic (exact) mass is 500 g/mol. The summed E-state index contributed by atoms with van der Waals surface area (Å²) in [5.41, 5.74) is 1.53. The Labute approximate surface area is 178 Å². The Kier molecular flexibility index (Phi) is 8.67. The van der Waals surface area contributed by atoms with Gasteiger partial charge in [-0.2, -0.15) is 0 Å². The molecule has 2 heteroatoms. The molecular formula is C26H37PSn. The van der Waals surface area contributed by atoms with Crippen LogP contribution in [-0.4, -0.2) is 18.4 Å². The fourth-order valence-electron chi connectivity index (χ4n) is 4.63. The Morgan fingerprint density at radius 3 is 1.57 bits per heavy atom. The van der Waals surface area contributed by atoms with Crippen molar-refractivity contribution in [3.8, 4) is 0 Å². The fourth-order valence-corrected chi connectivity index (χ4v) is 32.4. The van der Waals surface area contributed by atoms with Crippen LogP contribution in [0.15, 0.2) is 64.0 Å². The number of hydrogen-bond donors (Lipinski definition) is 0. The topological polar surface area (TPSA) is 0 Å². The van der Waals surface area contributed by atoms with Gasteiger partial charge in [-0.3, -0.25) is 0 Å². The zero-order valence-electron chi connectivity index (χ0n) is 18.1. The summed E-state index contributed by atoms with van der Waals surface area (Å²) in [6.45, 7) is 7.15. The van der Waals surface area contributed by atoms with E-state index in [-0.39, 0.29) is 7.92 Å². The van der Waals surface area contributed by atoms with E-state index in [0.717, 1.165) is 0 Å². The van der Waals surface area contributed by atoms with Crippen LogP contribution in [0, 0.1) is 0 Å². The van der Waals surface area contributed by atoms with E-state index in [1.807, 2.05) is 0 Å². The van der Waals surface area contributed by atoms with Crippen LogP contribution in [-0.2, 0) is 0 Å². The molecule has 0 spiro atoms. The van der Waals surface area contributed by atoms with Crippen LogP contribution in [0.4, 0.5) is 0 Å². The minimum absolute atomic E-state index is 0.160. The Bertz CT molecular complexity index is 729. The van der Waals surface area contributed by atoms with Crippen molar-refractivity contribution in [1.29, 1.82) is 0 Å². The average molecular weight is 499 g/mol. The third-order valence-corrected chi connectivity index (χ3v) is 28.9. The van der Waals surface area contributed by atoms with Crippen molar-refractivity contribution in [2.45, 2.75) is 72.6 Å². The Morgan fingerprint density at radius 2 is 1.11 bits per heavy atom. The molecular weight excluding hydrogens is 462 g/mol. The maximum atomic E-state index is 2.40. The predicted octanol–water partition coefficient (Wildman–Crippen LogP) is 8.56. The van der Waals surface area contributed by atoms with E-state index in [0.29, 0.717) is 0 Å². The van der Waals surface area contributed by atoms with Crippen molar-refractivity contribution in [1.82, 2.24) is 0 Å². The van der Waals surface area contributed by atoms with Crippen LogP contribution in [0.25, 0.3) is 5.31 Å². The van der Waals surface area contributed by atoms with Gasteiger partial charge in [0.05, 0.1) is 0 Å². The van der Waals surface area contributed by atoms with Crippen molar-refractivity contribution >= 4 is 36.9 Å². The minimum atomic E-state index is -2.35. The molecule has 3 rings (SSSR count). The van der Waals surface area contributed by atoms with Gasteiger partial charge >= 0.3 is 179 Å². The van der Waals surface area contributed by atoms with E-state index < -0.39 is 18.4 Å². The first-order valence-corrected chi connectivity index (χ1v) is 20.2. The Balaban J connectivity index is 2.05. The first-order chi connectivity index (χ1) is 13.8. The van der Waals surface area contributed by atoms with Crippen LogP contribution in [0.5, 0.6) is 0 Å². The second-order valence-electron chi connectivity index (χ2n) is 8.33. The van der Waals surface area contributed by atoms with Gasteiger partial charge in [-0.1, -0.05) is 0 Å². The number of hydrogen-bond acceptors (Lipinski definition) is 0. The van der Waals surface area contributed by atoms with Crippen molar-refractivity contribution in [2.24, 2.45) is 0 Å². The molecule has 2 aromatic carbocycles. The van der Waals surface area contributed by atoms with Gasteiger partial charge in [0.25, 0.3) is 0 Å². The molecule has 0 nitrogen and oxygen atoms in total.